The Kier molecular flexibility index (Phi) is 5.08. The molecule has 2 N–H and O–H groups in total. The van der Waals surface area contributed by atoms with Crippen molar-refractivity contribution in [2.45, 2.75) is 58.6 Å². The molecular formula is C15H28N2O2. The summed E-state index contributed by atoms with van der Waals surface area (Å²) in [4.78, 5) is 11.8. The van der Waals surface area contributed by atoms with Gasteiger partial charge in [0.1, 0.15) is 0 Å². The fourth-order valence-electron chi connectivity index (χ4n) is 3.17. The van der Waals surface area contributed by atoms with Crippen LogP contribution in [-0.2, 0) is 4.74 Å². The molecule has 0 aromatic heterocycles. The summed E-state index contributed by atoms with van der Waals surface area (Å²) in [5, 5.41) is 6.08. The molecule has 2 aliphatic rings. The summed E-state index contributed by atoms with van der Waals surface area (Å²) >= 11 is 0. The Morgan fingerprint density at radius 3 is 2.84 bits per heavy atom. The summed E-state index contributed by atoms with van der Waals surface area (Å²) in [5.74, 6) is 1.71. The smallest absolute Gasteiger partial charge is 0.315 e. The number of amides is 2. The zero-order valence-corrected chi connectivity index (χ0v) is 12.4. The summed E-state index contributed by atoms with van der Waals surface area (Å²) in [6.45, 7) is 8.13. The van der Waals surface area contributed by atoms with Gasteiger partial charge in [-0.2, -0.15) is 0 Å². The predicted molar refractivity (Wildman–Crippen MR) is 76.0 cm³/mol. The van der Waals surface area contributed by atoms with Crippen molar-refractivity contribution in [1.29, 1.82) is 0 Å². The zero-order valence-electron chi connectivity index (χ0n) is 12.4. The lowest BCUT2D eigenvalue weighted by atomic mass is 9.93. The minimum Gasteiger partial charge on any atom is -0.378 e. The second-order valence-corrected chi connectivity index (χ2v) is 6.37. The van der Waals surface area contributed by atoms with Crippen LogP contribution in [0.1, 0.15) is 46.5 Å². The van der Waals surface area contributed by atoms with Crippen molar-refractivity contribution in [2.75, 3.05) is 13.2 Å². The van der Waals surface area contributed by atoms with Crippen LogP contribution in [-0.4, -0.2) is 31.3 Å². The Bertz CT molecular complexity index is 307. The van der Waals surface area contributed by atoms with Gasteiger partial charge in [-0.3, -0.25) is 0 Å². The molecule has 0 bridgehead atoms. The van der Waals surface area contributed by atoms with E-state index in [-0.39, 0.29) is 6.03 Å². The number of hydrogen-bond donors (Lipinski definition) is 2. The van der Waals surface area contributed by atoms with Crippen LogP contribution in [0, 0.1) is 17.8 Å². The number of rotatable bonds is 6. The molecule has 2 fully saturated rings. The molecule has 0 radical (unpaired) electrons. The first-order chi connectivity index (χ1) is 9.11. The van der Waals surface area contributed by atoms with Gasteiger partial charge in [-0.05, 0) is 31.1 Å². The Balaban J connectivity index is 1.64. The van der Waals surface area contributed by atoms with Gasteiger partial charge in [0.2, 0.25) is 0 Å². The fraction of sp³-hybridized carbons (Fsp3) is 0.933. The quantitative estimate of drug-likeness (QED) is 0.778. The standard InChI is InChI=1S/C15H28N2O2/c1-4-5-11-8-13(11)17-15(18)16-9-12-6-7-19-14(12)10(2)3/h10-14H,4-9H2,1-3H3,(H2,16,17,18)/t11-,12+,13+,14+/m0/s1. The Morgan fingerprint density at radius 2 is 2.16 bits per heavy atom. The second-order valence-electron chi connectivity index (χ2n) is 6.37. The molecule has 4 heteroatoms. The Hall–Kier alpha value is -0.770. The van der Waals surface area contributed by atoms with Crippen molar-refractivity contribution in [3.8, 4) is 0 Å². The van der Waals surface area contributed by atoms with E-state index in [1.807, 2.05) is 0 Å². The molecule has 4 nitrogen and oxygen atoms in total. The van der Waals surface area contributed by atoms with Gasteiger partial charge < -0.3 is 15.4 Å². The molecule has 1 saturated carbocycles. The van der Waals surface area contributed by atoms with E-state index >= 15 is 0 Å². The SMILES string of the molecule is CCC[C@H]1C[C@H]1NC(=O)NC[C@H]1CCO[C@@H]1C(C)C. The van der Waals surface area contributed by atoms with Crippen LogP contribution in [0.2, 0.25) is 0 Å². The third-order valence-corrected chi connectivity index (χ3v) is 4.34. The number of carbonyl (C=O) groups is 1. The average molecular weight is 268 g/mol. The molecule has 2 amide bonds. The second kappa shape index (κ2) is 6.60. The minimum absolute atomic E-state index is 0.00184. The largest absolute Gasteiger partial charge is 0.378 e. The van der Waals surface area contributed by atoms with E-state index in [1.165, 1.54) is 12.8 Å². The topological polar surface area (TPSA) is 50.4 Å². The van der Waals surface area contributed by atoms with Gasteiger partial charge in [0.05, 0.1) is 6.10 Å². The highest BCUT2D eigenvalue weighted by molar-refractivity contribution is 5.74. The molecule has 1 aliphatic heterocycles. The van der Waals surface area contributed by atoms with Crippen LogP contribution in [0.5, 0.6) is 0 Å². The maximum atomic E-state index is 11.8. The number of ether oxygens (including phenoxy) is 1. The maximum Gasteiger partial charge on any atom is 0.315 e. The van der Waals surface area contributed by atoms with E-state index in [4.69, 9.17) is 4.74 Å². The average Bonchev–Trinajstić information content (AvgIpc) is 2.92. The van der Waals surface area contributed by atoms with Crippen molar-refractivity contribution < 1.29 is 9.53 Å². The summed E-state index contributed by atoms with van der Waals surface area (Å²) in [6.07, 6.45) is 4.96. The Labute approximate surface area is 116 Å². The highest BCUT2D eigenvalue weighted by Crippen LogP contribution is 2.34. The van der Waals surface area contributed by atoms with Gasteiger partial charge in [-0.15, -0.1) is 0 Å². The van der Waals surface area contributed by atoms with Crippen molar-refractivity contribution >= 4 is 6.03 Å². The van der Waals surface area contributed by atoms with Crippen molar-refractivity contribution in [1.82, 2.24) is 10.6 Å². The van der Waals surface area contributed by atoms with Crippen molar-refractivity contribution in [3.05, 3.63) is 0 Å². The first-order valence-electron chi connectivity index (χ1n) is 7.77. The summed E-state index contributed by atoms with van der Waals surface area (Å²) in [6, 6.07) is 0.415. The molecule has 1 aliphatic carbocycles. The third-order valence-electron chi connectivity index (χ3n) is 4.34. The molecule has 4 atom stereocenters. The molecule has 0 aromatic carbocycles. The normalized spacial score (nSPS) is 33.5. The summed E-state index contributed by atoms with van der Waals surface area (Å²) in [5.41, 5.74) is 0. The molecule has 2 rings (SSSR count). The molecule has 0 aromatic rings. The van der Waals surface area contributed by atoms with Crippen molar-refractivity contribution in [2.24, 2.45) is 17.8 Å². The number of urea groups is 1. The molecule has 1 saturated heterocycles. The molecule has 110 valence electrons. The molecule has 19 heavy (non-hydrogen) atoms. The van der Waals surface area contributed by atoms with Crippen LogP contribution in [0.25, 0.3) is 0 Å². The van der Waals surface area contributed by atoms with Crippen LogP contribution in [0.15, 0.2) is 0 Å². The highest BCUT2D eigenvalue weighted by Gasteiger charge is 2.37. The lowest BCUT2D eigenvalue weighted by Gasteiger charge is -2.22. The number of hydrogen-bond acceptors (Lipinski definition) is 2. The van der Waals surface area contributed by atoms with Crippen LogP contribution in [0.3, 0.4) is 0 Å². The molecule has 1 heterocycles. The lowest BCUT2D eigenvalue weighted by molar-refractivity contribution is 0.0545. The maximum absolute atomic E-state index is 11.8. The van der Waals surface area contributed by atoms with Gasteiger partial charge >= 0.3 is 6.03 Å². The monoisotopic (exact) mass is 268 g/mol. The minimum atomic E-state index is -0.00184. The van der Waals surface area contributed by atoms with Gasteiger partial charge in [0, 0.05) is 25.1 Å². The van der Waals surface area contributed by atoms with E-state index in [9.17, 15) is 4.79 Å². The van der Waals surface area contributed by atoms with Crippen molar-refractivity contribution in [3.63, 3.8) is 0 Å². The van der Waals surface area contributed by atoms with E-state index in [0.717, 1.165) is 26.0 Å². The van der Waals surface area contributed by atoms with E-state index in [2.05, 4.69) is 31.4 Å². The van der Waals surface area contributed by atoms with Crippen LogP contribution >= 0.6 is 0 Å². The predicted octanol–water partition coefficient (Wildman–Crippen LogP) is 2.54. The van der Waals surface area contributed by atoms with Gasteiger partial charge in [0.25, 0.3) is 0 Å². The van der Waals surface area contributed by atoms with E-state index in [1.54, 1.807) is 0 Å². The van der Waals surface area contributed by atoms with E-state index in [0.29, 0.717) is 29.9 Å². The van der Waals surface area contributed by atoms with Gasteiger partial charge in [-0.1, -0.05) is 27.2 Å². The third kappa shape index (κ3) is 4.10. The number of nitrogens with one attached hydrogen (secondary N) is 2. The fourth-order valence-corrected chi connectivity index (χ4v) is 3.17. The van der Waals surface area contributed by atoms with E-state index < -0.39 is 0 Å². The highest BCUT2D eigenvalue weighted by atomic mass is 16.5. The van der Waals surface area contributed by atoms with Crippen LogP contribution in [0.4, 0.5) is 4.79 Å². The lowest BCUT2D eigenvalue weighted by Crippen LogP contribution is -2.41. The summed E-state index contributed by atoms with van der Waals surface area (Å²) in [7, 11) is 0. The van der Waals surface area contributed by atoms with Gasteiger partial charge in [-0.25, -0.2) is 4.79 Å². The molecular weight excluding hydrogens is 240 g/mol. The summed E-state index contributed by atoms with van der Waals surface area (Å²) < 4.78 is 5.73. The first-order valence-corrected chi connectivity index (χ1v) is 7.77. The van der Waals surface area contributed by atoms with Crippen LogP contribution < -0.4 is 10.6 Å². The molecule has 0 unspecified atom stereocenters. The molecule has 0 spiro atoms. The van der Waals surface area contributed by atoms with Gasteiger partial charge in [0.15, 0.2) is 0 Å². The zero-order chi connectivity index (χ0) is 13.8. The Morgan fingerprint density at radius 1 is 1.37 bits per heavy atom. The number of carbonyl (C=O) groups excluding carboxylic acids is 1. The first kappa shape index (κ1) is 14.6.